The van der Waals surface area contributed by atoms with Crippen LogP contribution in [0.25, 0.3) is 10.6 Å². The van der Waals surface area contributed by atoms with Crippen molar-refractivity contribution < 1.29 is 4.79 Å². The van der Waals surface area contributed by atoms with Crippen molar-refractivity contribution in [2.75, 3.05) is 13.1 Å². The topological polar surface area (TPSA) is 59.2 Å². The first-order valence-corrected chi connectivity index (χ1v) is 8.53. The van der Waals surface area contributed by atoms with Crippen LogP contribution in [0, 0.1) is 5.92 Å². The molecule has 1 aromatic heterocycles. The summed E-state index contributed by atoms with van der Waals surface area (Å²) in [5.41, 5.74) is 7.01. The van der Waals surface area contributed by atoms with Crippen LogP contribution in [0.2, 0.25) is 0 Å². The van der Waals surface area contributed by atoms with E-state index in [1.165, 1.54) is 11.3 Å². The number of hydrogen-bond acceptors (Lipinski definition) is 4. The zero-order chi connectivity index (χ0) is 15.5. The second kappa shape index (κ2) is 9.37. The molecule has 1 amide bonds. The van der Waals surface area contributed by atoms with Crippen molar-refractivity contribution in [3.05, 3.63) is 41.4 Å². The minimum absolute atomic E-state index is 0. The maximum atomic E-state index is 12.6. The molecule has 1 aliphatic heterocycles. The fourth-order valence-electron chi connectivity index (χ4n) is 2.87. The number of benzene rings is 1. The molecule has 0 spiro atoms. The Hall–Kier alpha value is -1.14. The molecule has 1 aromatic carbocycles. The fourth-order valence-corrected chi connectivity index (χ4v) is 3.76. The number of nitrogens with zero attached hydrogens (tertiary/aromatic N) is 2. The summed E-state index contributed by atoms with van der Waals surface area (Å²) < 4.78 is 0. The largest absolute Gasteiger partial charge is 0.338 e. The number of halogens is 2. The third kappa shape index (κ3) is 4.70. The van der Waals surface area contributed by atoms with Gasteiger partial charge in [0, 0.05) is 24.7 Å². The Kier molecular flexibility index (Phi) is 8.16. The predicted molar refractivity (Wildman–Crippen MR) is 104 cm³/mol. The van der Waals surface area contributed by atoms with Gasteiger partial charge in [0.15, 0.2) is 0 Å². The van der Waals surface area contributed by atoms with Crippen LogP contribution in [0.4, 0.5) is 0 Å². The third-order valence-corrected chi connectivity index (χ3v) is 5.34. The van der Waals surface area contributed by atoms with Gasteiger partial charge in [-0.3, -0.25) is 4.79 Å². The molecule has 4 nitrogen and oxygen atoms in total. The van der Waals surface area contributed by atoms with E-state index in [4.69, 9.17) is 5.73 Å². The van der Waals surface area contributed by atoms with Gasteiger partial charge in [0.25, 0.3) is 5.91 Å². The number of piperidine rings is 1. The van der Waals surface area contributed by atoms with Gasteiger partial charge in [-0.25, -0.2) is 4.98 Å². The summed E-state index contributed by atoms with van der Waals surface area (Å²) in [4.78, 5) is 19.6. The molecule has 0 aliphatic carbocycles. The molecular weight excluding hydrogens is 365 g/mol. The van der Waals surface area contributed by atoms with Crippen molar-refractivity contribution in [1.29, 1.82) is 0 Å². The first kappa shape index (κ1) is 20.9. The number of carbonyl (C=O) groups is 1. The standard InChI is InChI=1S/C17H21N3OS.2ClH/c1-12(18)13-7-9-20(10-8-13)17(21)15-11-19-16(22-15)14-5-3-2-4-6-14;;/h2-6,11-13H,7-10,18H2,1H3;2*1H. The van der Waals surface area contributed by atoms with E-state index in [-0.39, 0.29) is 36.8 Å². The number of rotatable bonds is 3. The number of carbonyl (C=O) groups excluding carboxylic acids is 1. The Morgan fingerprint density at radius 1 is 1.25 bits per heavy atom. The number of likely N-dealkylation sites (tertiary alicyclic amines) is 1. The van der Waals surface area contributed by atoms with Crippen LogP contribution < -0.4 is 5.73 Å². The molecule has 1 unspecified atom stereocenters. The van der Waals surface area contributed by atoms with E-state index in [1.807, 2.05) is 35.2 Å². The SMILES string of the molecule is CC(N)C1CCN(C(=O)c2cnc(-c3ccccc3)s2)CC1.Cl.Cl. The summed E-state index contributed by atoms with van der Waals surface area (Å²) >= 11 is 1.47. The first-order chi connectivity index (χ1) is 10.6. The van der Waals surface area contributed by atoms with E-state index < -0.39 is 0 Å². The van der Waals surface area contributed by atoms with Crippen LogP contribution in [0.1, 0.15) is 29.4 Å². The molecule has 1 atom stereocenters. The molecule has 2 heterocycles. The summed E-state index contributed by atoms with van der Waals surface area (Å²) in [7, 11) is 0. The maximum absolute atomic E-state index is 12.6. The highest BCUT2D eigenvalue weighted by molar-refractivity contribution is 7.16. The van der Waals surface area contributed by atoms with Gasteiger partial charge < -0.3 is 10.6 Å². The summed E-state index contributed by atoms with van der Waals surface area (Å²) in [6, 6.07) is 10.2. The van der Waals surface area contributed by atoms with Crippen LogP contribution in [0.3, 0.4) is 0 Å². The lowest BCUT2D eigenvalue weighted by Gasteiger charge is -2.33. The Bertz CT molecular complexity index is 640. The van der Waals surface area contributed by atoms with E-state index in [2.05, 4.69) is 11.9 Å². The fraction of sp³-hybridized carbons (Fsp3) is 0.412. The maximum Gasteiger partial charge on any atom is 0.265 e. The van der Waals surface area contributed by atoms with E-state index in [9.17, 15) is 4.79 Å². The van der Waals surface area contributed by atoms with Crippen molar-refractivity contribution in [1.82, 2.24) is 9.88 Å². The summed E-state index contributed by atoms with van der Waals surface area (Å²) in [5, 5.41) is 0.898. The van der Waals surface area contributed by atoms with Crippen LogP contribution in [-0.4, -0.2) is 34.9 Å². The van der Waals surface area contributed by atoms with E-state index >= 15 is 0 Å². The van der Waals surface area contributed by atoms with Crippen molar-refractivity contribution in [3.63, 3.8) is 0 Å². The molecule has 3 rings (SSSR count). The highest BCUT2D eigenvalue weighted by Crippen LogP contribution is 2.27. The number of nitrogens with two attached hydrogens (primary N) is 1. The third-order valence-electron chi connectivity index (χ3n) is 4.31. The molecule has 2 N–H and O–H groups in total. The van der Waals surface area contributed by atoms with Gasteiger partial charge in [-0.05, 0) is 25.7 Å². The van der Waals surface area contributed by atoms with Crippen LogP contribution in [0.15, 0.2) is 36.5 Å². The number of amides is 1. The Balaban J connectivity index is 0.00000144. The molecule has 1 saturated heterocycles. The zero-order valence-corrected chi connectivity index (χ0v) is 16.0. The molecule has 24 heavy (non-hydrogen) atoms. The molecule has 132 valence electrons. The first-order valence-electron chi connectivity index (χ1n) is 7.71. The lowest BCUT2D eigenvalue weighted by Crippen LogP contribution is -2.42. The average molecular weight is 388 g/mol. The van der Waals surface area contributed by atoms with Gasteiger partial charge in [-0.1, -0.05) is 30.3 Å². The summed E-state index contributed by atoms with van der Waals surface area (Å²) in [5.74, 6) is 0.633. The molecule has 1 aliphatic rings. The summed E-state index contributed by atoms with van der Waals surface area (Å²) in [6.45, 7) is 3.64. The van der Waals surface area contributed by atoms with Crippen molar-refractivity contribution >= 4 is 42.1 Å². The van der Waals surface area contributed by atoms with Crippen molar-refractivity contribution in [2.45, 2.75) is 25.8 Å². The molecule has 0 saturated carbocycles. The second-order valence-corrected chi connectivity index (χ2v) is 6.92. The van der Waals surface area contributed by atoms with Crippen molar-refractivity contribution in [3.8, 4) is 10.6 Å². The van der Waals surface area contributed by atoms with Gasteiger partial charge >= 0.3 is 0 Å². The lowest BCUT2D eigenvalue weighted by molar-refractivity contribution is 0.0685. The number of aromatic nitrogens is 1. The molecule has 7 heteroatoms. The van der Waals surface area contributed by atoms with Crippen LogP contribution >= 0.6 is 36.2 Å². The lowest BCUT2D eigenvalue weighted by atomic mass is 9.91. The van der Waals surface area contributed by atoms with Gasteiger partial charge in [0.2, 0.25) is 0 Å². The molecule has 0 bridgehead atoms. The smallest absolute Gasteiger partial charge is 0.265 e. The molecule has 2 aromatic rings. The number of thiazole rings is 1. The quantitative estimate of drug-likeness (QED) is 0.869. The molecule has 0 radical (unpaired) electrons. The molecule has 1 fully saturated rings. The van der Waals surface area contributed by atoms with Gasteiger partial charge in [0.05, 0.1) is 6.20 Å². The van der Waals surface area contributed by atoms with E-state index in [0.717, 1.165) is 41.4 Å². The monoisotopic (exact) mass is 387 g/mol. The van der Waals surface area contributed by atoms with Gasteiger partial charge in [0.1, 0.15) is 9.88 Å². The predicted octanol–water partition coefficient (Wildman–Crippen LogP) is 3.85. The average Bonchev–Trinajstić information content (AvgIpc) is 3.05. The molecular formula is C17H23Cl2N3OS. The van der Waals surface area contributed by atoms with Gasteiger partial charge in [-0.2, -0.15) is 0 Å². The minimum Gasteiger partial charge on any atom is -0.338 e. The summed E-state index contributed by atoms with van der Waals surface area (Å²) in [6.07, 6.45) is 3.69. The highest BCUT2D eigenvalue weighted by atomic mass is 35.5. The minimum atomic E-state index is 0. The number of hydrogen-bond donors (Lipinski definition) is 1. The Morgan fingerprint density at radius 2 is 1.88 bits per heavy atom. The Morgan fingerprint density at radius 3 is 2.46 bits per heavy atom. The van der Waals surface area contributed by atoms with Crippen LogP contribution in [-0.2, 0) is 0 Å². The zero-order valence-electron chi connectivity index (χ0n) is 13.6. The normalized spacial score (nSPS) is 16.0. The van der Waals surface area contributed by atoms with Gasteiger partial charge in [-0.15, -0.1) is 36.2 Å². The second-order valence-electron chi connectivity index (χ2n) is 5.88. The Labute approximate surface area is 159 Å². The van der Waals surface area contributed by atoms with E-state index in [0.29, 0.717) is 5.92 Å². The van der Waals surface area contributed by atoms with Crippen molar-refractivity contribution in [2.24, 2.45) is 11.7 Å². The van der Waals surface area contributed by atoms with Crippen LogP contribution in [0.5, 0.6) is 0 Å². The van der Waals surface area contributed by atoms with E-state index in [1.54, 1.807) is 6.20 Å². The highest BCUT2D eigenvalue weighted by Gasteiger charge is 2.26.